The Balaban J connectivity index is 0.000000357. The van der Waals surface area contributed by atoms with Crippen LogP contribution in [-0.2, 0) is 0 Å². The number of rotatable bonds is 9. The molecule has 3 rings (SSSR count). The maximum atomic E-state index is 12.4. The van der Waals surface area contributed by atoms with Crippen LogP contribution in [-0.4, -0.2) is 17.7 Å². The Morgan fingerprint density at radius 1 is 0.970 bits per heavy atom. The third-order valence-electron chi connectivity index (χ3n) is 4.48. The Bertz CT molecular complexity index is 1100. The lowest BCUT2D eigenvalue weighted by atomic mass is 10.2. The van der Waals surface area contributed by atoms with Crippen molar-refractivity contribution in [2.45, 2.75) is 32.6 Å². The molecule has 0 amide bonds. The van der Waals surface area contributed by atoms with Crippen molar-refractivity contribution in [2.24, 2.45) is 10.2 Å². The first-order chi connectivity index (χ1) is 16.0. The van der Waals surface area contributed by atoms with E-state index >= 15 is 0 Å². The Labute approximate surface area is 193 Å². The van der Waals surface area contributed by atoms with Crippen molar-refractivity contribution in [1.82, 2.24) is 0 Å². The number of hydrogen-bond acceptors (Lipinski definition) is 5. The fourth-order valence-corrected chi connectivity index (χ4v) is 2.74. The molecule has 0 saturated heterocycles. The van der Waals surface area contributed by atoms with Gasteiger partial charge in [-0.15, -0.1) is 0 Å². The molecule has 0 fully saturated rings. The van der Waals surface area contributed by atoms with E-state index in [-0.39, 0.29) is 11.1 Å². The van der Waals surface area contributed by atoms with Crippen molar-refractivity contribution in [3.63, 3.8) is 0 Å². The van der Waals surface area contributed by atoms with Crippen molar-refractivity contribution < 1.29 is 19.0 Å². The van der Waals surface area contributed by atoms with Crippen LogP contribution in [0.15, 0.2) is 83.0 Å². The van der Waals surface area contributed by atoms with Crippen molar-refractivity contribution in [3.8, 4) is 11.8 Å². The molecule has 0 saturated carbocycles. The van der Waals surface area contributed by atoms with Crippen LogP contribution >= 0.6 is 0 Å². The van der Waals surface area contributed by atoms with E-state index in [2.05, 4.69) is 17.2 Å². The zero-order chi connectivity index (χ0) is 23.9. The van der Waals surface area contributed by atoms with Gasteiger partial charge in [0.2, 0.25) is 0 Å². The van der Waals surface area contributed by atoms with E-state index in [1.807, 2.05) is 30.3 Å². The molecule has 0 aromatic heterocycles. The summed E-state index contributed by atoms with van der Waals surface area (Å²) in [6.07, 6.45) is 4.28. The lowest BCUT2D eigenvalue weighted by Gasteiger charge is -2.09. The summed E-state index contributed by atoms with van der Waals surface area (Å²) in [6.45, 7) is 2.64. The molecule has 0 bridgehead atoms. The normalized spacial score (nSPS) is 10.2. The molecule has 3 aromatic rings. The van der Waals surface area contributed by atoms with Gasteiger partial charge in [0.1, 0.15) is 23.2 Å². The highest BCUT2D eigenvalue weighted by Gasteiger charge is 2.12. The molecule has 0 radical (unpaired) electrons. The highest BCUT2D eigenvalue weighted by Crippen LogP contribution is 2.27. The summed E-state index contributed by atoms with van der Waals surface area (Å²) in [5, 5.41) is 25.8. The van der Waals surface area contributed by atoms with Gasteiger partial charge in [0.05, 0.1) is 23.5 Å². The van der Waals surface area contributed by atoms with E-state index in [1.165, 1.54) is 18.2 Å². The first-order valence-electron chi connectivity index (χ1n) is 10.7. The SMILES string of the molecule is CCCCCCOc1cc(N=Nc2ccccc2)ccc1C(=O)O.N#Cc1ccccc1F. The number of unbranched alkanes of at least 4 members (excludes halogenated alkanes) is 3. The number of nitrogens with zero attached hydrogens (tertiary/aromatic N) is 3. The summed E-state index contributed by atoms with van der Waals surface area (Å²) in [5.41, 5.74) is 1.54. The van der Waals surface area contributed by atoms with E-state index in [4.69, 9.17) is 10.00 Å². The molecule has 0 aliphatic heterocycles. The second-order valence-electron chi connectivity index (χ2n) is 7.02. The minimum atomic E-state index is -1.01. The predicted octanol–water partition coefficient (Wildman–Crippen LogP) is 7.46. The molecule has 0 spiro atoms. The number of nitriles is 1. The van der Waals surface area contributed by atoms with Crippen LogP contribution in [0.25, 0.3) is 0 Å². The summed E-state index contributed by atoms with van der Waals surface area (Å²) < 4.78 is 18.0. The summed E-state index contributed by atoms with van der Waals surface area (Å²) in [5.74, 6) is -1.13. The zero-order valence-electron chi connectivity index (χ0n) is 18.4. The lowest BCUT2D eigenvalue weighted by Crippen LogP contribution is -2.04. The highest BCUT2D eigenvalue weighted by atomic mass is 19.1. The molecule has 1 N–H and O–H groups in total. The molecule has 7 heteroatoms. The van der Waals surface area contributed by atoms with Gasteiger partial charge in [0, 0.05) is 6.07 Å². The maximum absolute atomic E-state index is 12.4. The molecule has 0 aliphatic rings. The van der Waals surface area contributed by atoms with Gasteiger partial charge in [-0.1, -0.05) is 56.5 Å². The Morgan fingerprint density at radius 3 is 2.30 bits per heavy atom. The average molecular weight is 448 g/mol. The van der Waals surface area contributed by atoms with E-state index in [9.17, 15) is 14.3 Å². The number of carbonyl (C=O) groups is 1. The summed E-state index contributed by atoms with van der Waals surface area (Å²) in [4.78, 5) is 11.3. The number of aromatic carboxylic acids is 1. The number of benzene rings is 3. The quantitative estimate of drug-likeness (QED) is 0.272. The van der Waals surface area contributed by atoms with Gasteiger partial charge in [-0.05, 0) is 42.8 Å². The highest BCUT2D eigenvalue weighted by molar-refractivity contribution is 5.91. The Morgan fingerprint density at radius 2 is 1.67 bits per heavy atom. The standard InChI is InChI=1S/C19H22N2O3.C7H4FN/c1-2-3-4-8-13-24-18-14-16(11-12-17(18)19(22)23)21-20-15-9-6-5-7-10-15;8-7-4-2-1-3-6(7)5-9/h5-7,9-12,14H,2-4,8,13H2,1H3,(H,22,23);1-4H. The molecule has 33 heavy (non-hydrogen) atoms. The van der Waals surface area contributed by atoms with Crippen LogP contribution in [0.4, 0.5) is 15.8 Å². The van der Waals surface area contributed by atoms with Crippen molar-refractivity contribution in [1.29, 1.82) is 5.26 Å². The molecule has 0 aliphatic carbocycles. The molecule has 170 valence electrons. The number of hydrogen-bond donors (Lipinski definition) is 1. The summed E-state index contributed by atoms with van der Waals surface area (Å²) >= 11 is 0. The molecule has 0 unspecified atom stereocenters. The fourth-order valence-electron chi connectivity index (χ4n) is 2.74. The smallest absolute Gasteiger partial charge is 0.339 e. The predicted molar refractivity (Wildman–Crippen MR) is 125 cm³/mol. The van der Waals surface area contributed by atoms with Crippen LogP contribution in [0.1, 0.15) is 48.5 Å². The van der Waals surface area contributed by atoms with Crippen LogP contribution in [0.2, 0.25) is 0 Å². The third-order valence-corrected chi connectivity index (χ3v) is 4.48. The Hall–Kier alpha value is -4.05. The van der Waals surface area contributed by atoms with Gasteiger partial charge >= 0.3 is 5.97 Å². The average Bonchev–Trinajstić information content (AvgIpc) is 2.84. The van der Waals surface area contributed by atoms with Crippen LogP contribution in [0.3, 0.4) is 0 Å². The van der Waals surface area contributed by atoms with Crippen molar-refractivity contribution in [2.75, 3.05) is 6.61 Å². The number of ether oxygens (including phenoxy) is 1. The number of halogens is 1. The first kappa shape index (κ1) is 25.2. The second-order valence-corrected chi connectivity index (χ2v) is 7.02. The van der Waals surface area contributed by atoms with E-state index in [0.717, 1.165) is 31.4 Å². The molecular formula is C26H26FN3O3. The molecule has 0 heterocycles. The van der Waals surface area contributed by atoms with Crippen LogP contribution < -0.4 is 4.74 Å². The van der Waals surface area contributed by atoms with Gasteiger partial charge in [-0.25, -0.2) is 9.18 Å². The van der Waals surface area contributed by atoms with E-state index < -0.39 is 11.8 Å². The molecule has 3 aromatic carbocycles. The van der Waals surface area contributed by atoms with Crippen LogP contribution in [0, 0.1) is 17.1 Å². The van der Waals surface area contributed by atoms with Gasteiger partial charge in [0.15, 0.2) is 0 Å². The van der Waals surface area contributed by atoms with Gasteiger partial charge in [0.25, 0.3) is 0 Å². The monoisotopic (exact) mass is 447 g/mol. The fraction of sp³-hybridized carbons (Fsp3) is 0.231. The van der Waals surface area contributed by atoms with Gasteiger partial charge in [-0.2, -0.15) is 15.5 Å². The largest absolute Gasteiger partial charge is 0.493 e. The second kappa shape index (κ2) is 14.1. The number of carboxylic acids is 1. The molecule has 6 nitrogen and oxygen atoms in total. The van der Waals surface area contributed by atoms with E-state index in [1.54, 1.807) is 30.3 Å². The number of azo groups is 1. The summed E-state index contributed by atoms with van der Waals surface area (Å²) in [6, 6.07) is 21.7. The van der Waals surface area contributed by atoms with Crippen LogP contribution in [0.5, 0.6) is 5.75 Å². The summed E-state index contributed by atoms with van der Waals surface area (Å²) in [7, 11) is 0. The Kier molecular flexibility index (Phi) is 10.8. The first-order valence-corrected chi connectivity index (χ1v) is 10.7. The molecular weight excluding hydrogens is 421 g/mol. The molecule has 0 atom stereocenters. The van der Waals surface area contributed by atoms with Crippen molar-refractivity contribution >= 4 is 17.3 Å². The van der Waals surface area contributed by atoms with Gasteiger partial charge < -0.3 is 9.84 Å². The minimum Gasteiger partial charge on any atom is -0.493 e. The van der Waals surface area contributed by atoms with E-state index in [0.29, 0.717) is 18.0 Å². The zero-order valence-corrected chi connectivity index (χ0v) is 18.4. The van der Waals surface area contributed by atoms with Gasteiger partial charge in [-0.3, -0.25) is 0 Å². The maximum Gasteiger partial charge on any atom is 0.339 e. The lowest BCUT2D eigenvalue weighted by molar-refractivity contribution is 0.0692. The van der Waals surface area contributed by atoms with Crippen molar-refractivity contribution in [3.05, 3.63) is 89.7 Å². The third kappa shape index (κ3) is 8.91. The topological polar surface area (TPSA) is 95.0 Å². The number of carboxylic acid groups (broad SMARTS) is 1. The minimum absolute atomic E-state index is 0.0949.